The Morgan fingerprint density at radius 1 is 1.09 bits per heavy atom. The van der Waals surface area contributed by atoms with E-state index in [1.165, 1.54) is 0 Å². The molecule has 0 unspecified atom stereocenters. The second-order valence-electron chi connectivity index (χ2n) is 4.66. The first-order chi connectivity index (χ1) is 10.6. The molecule has 0 N–H and O–H groups in total. The highest BCUT2D eigenvalue weighted by atomic mass is 79.9. The van der Waals surface area contributed by atoms with Gasteiger partial charge < -0.3 is 14.2 Å². The molecule has 5 heteroatoms. The summed E-state index contributed by atoms with van der Waals surface area (Å²) in [6.07, 6.45) is 1.69. The molecule has 0 aliphatic carbocycles. The summed E-state index contributed by atoms with van der Waals surface area (Å²) in [5, 5.41) is 0. The molecule has 0 aromatic heterocycles. The molecule has 1 aliphatic heterocycles. The summed E-state index contributed by atoms with van der Waals surface area (Å²) in [7, 11) is 3.14. The number of ketones is 1. The second-order valence-corrected chi connectivity index (χ2v) is 5.52. The first-order valence-corrected chi connectivity index (χ1v) is 7.38. The zero-order chi connectivity index (χ0) is 15.7. The fourth-order valence-corrected chi connectivity index (χ4v) is 2.69. The maximum atomic E-state index is 12.3. The monoisotopic (exact) mass is 360 g/mol. The van der Waals surface area contributed by atoms with Crippen LogP contribution in [0.2, 0.25) is 0 Å². The third-order valence-corrected chi connectivity index (χ3v) is 4.05. The first kappa shape index (κ1) is 14.7. The van der Waals surface area contributed by atoms with E-state index < -0.39 is 0 Å². The van der Waals surface area contributed by atoms with Crippen LogP contribution >= 0.6 is 15.9 Å². The Hall–Kier alpha value is -2.27. The molecule has 0 fully saturated rings. The predicted octanol–water partition coefficient (Wildman–Crippen LogP) is 4.08. The summed E-state index contributed by atoms with van der Waals surface area (Å²) in [5.74, 6) is 1.93. The summed E-state index contributed by atoms with van der Waals surface area (Å²) in [6.45, 7) is 0. The topological polar surface area (TPSA) is 44.8 Å². The van der Waals surface area contributed by atoms with Crippen molar-refractivity contribution in [1.29, 1.82) is 0 Å². The maximum absolute atomic E-state index is 12.3. The molecule has 4 nitrogen and oxygen atoms in total. The van der Waals surface area contributed by atoms with E-state index in [2.05, 4.69) is 15.9 Å². The van der Waals surface area contributed by atoms with Gasteiger partial charge in [0.05, 0.1) is 19.8 Å². The molecule has 0 atom stereocenters. The van der Waals surface area contributed by atoms with Crippen LogP contribution < -0.4 is 14.2 Å². The van der Waals surface area contributed by atoms with Crippen LogP contribution in [0.4, 0.5) is 0 Å². The van der Waals surface area contributed by atoms with Crippen molar-refractivity contribution >= 4 is 27.8 Å². The van der Waals surface area contributed by atoms with Crippen molar-refractivity contribution in [3.05, 3.63) is 57.8 Å². The van der Waals surface area contributed by atoms with E-state index in [1.54, 1.807) is 44.6 Å². The van der Waals surface area contributed by atoms with E-state index >= 15 is 0 Å². The van der Waals surface area contributed by atoms with Crippen LogP contribution in [0.25, 0.3) is 6.08 Å². The minimum absolute atomic E-state index is 0.128. The van der Waals surface area contributed by atoms with E-state index in [0.29, 0.717) is 22.8 Å². The number of ether oxygens (including phenoxy) is 3. The molecule has 0 radical (unpaired) electrons. The van der Waals surface area contributed by atoms with Gasteiger partial charge in [-0.1, -0.05) is 28.1 Å². The number of hydrogen-bond acceptors (Lipinski definition) is 4. The van der Waals surface area contributed by atoms with Crippen LogP contribution in [-0.4, -0.2) is 20.0 Å². The molecule has 2 aromatic carbocycles. The maximum Gasteiger partial charge on any atom is 0.231 e. The van der Waals surface area contributed by atoms with E-state index in [4.69, 9.17) is 14.2 Å². The third kappa shape index (κ3) is 2.48. The molecule has 1 aliphatic rings. The molecule has 2 aromatic rings. The predicted molar refractivity (Wildman–Crippen MR) is 86.6 cm³/mol. The Morgan fingerprint density at radius 3 is 2.45 bits per heavy atom. The molecular weight excluding hydrogens is 348 g/mol. The van der Waals surface area contributed by atoms with Crippen molar-refractivity contribution in [2.75, 3.05) is 14.2 Å². The standard InChI is InChI=1S/C17H13BrO4/c1-20-14-7-10(12(18)9-15(14)21-2)8-16-17(19)11-5-3-4-6-13(11)22-16/h3-9H,1-2H3/b16-8-. The Balaban J connectivity index is 2.02. The van der Waals surface area contributed by atoms with E-state index in [1.807, 2.05) is 12.1 Å². The highest BCUT2D eigenvalue weighted by Crippen LogP contribution is 2.36. The number of methoxy groups -OCH3 is 2. The van der Waals surface area contributed by atoms with Crippen molar-refractivity contribution in [3.63, 3.8) is 0 Å². The van der Waals surface area contributed by atoms with Crippen LogP contribution in [-0.2, 0) is 0 Å². The molecule has 0 saturated carbocycles. The van der Waals surface area contributed by atoms with Gasteiger partial charge in [0, 0.05) is 4.47 Å². The van der Waals surface area contributed by atoms with Gasteiger partial charge in [0.15, 0.2) is 17.3 Å². The third-order valence-electron chi connectivity index (χ3n) is 3.36. The van der Waals surface area contributed by atoms with Gasteiger partial charge in [0.2, 0.25) is 5.78 Å². The highest BCUT2D eigenvalue weighted by molar-refractivity contribution is 9.10. The Kier molecular flexibility index (Phi) is 3.90. The van der Waals surface area contributed by atoms with Crippen molar-refractivity contribution in [2.45, 2.75) is 0 Å². The fraction of sp³-hybridized carbons (Fsp3) is 0.118. The largest absolute Gasteiger partial charge is 0.493 e. The van der Waals surface area contributed by atoms with Crippen LogP contribution in [0.5, 0.6) is 17.2 Å². The number of benzene rings is 2. The second kappa shape index (κ2) is 5.85. The number of rotatable bonds is 3. The summed E-state index contributed by atoms with van der Waals surface area (Å²) >= 11 is 3.47. The van der Waals surface area contributed by atoms with Gasteiger partial charge in [-0.05, 0) is 35.9 Å². The average molecular weight is 361 g/mol. The zero-order valence-electron chi connectivity index (χ0n) is 12.1. The van der Waals surface area contributed by atoms with Gasteiger partial charge in [-0.25, -0.2) is 0 Å². The van der Waals surface area contributed by atoms with Crippen LogP contribution in [0.3, 0.4) is 0 Å². The normalized spacial score (nSPS) is 14.7. The first-order valence-electron chi connectivity index (χ1n) is 6.59. The molecular formula is C17H13BrO4. The Labute approximate surface area is 136 Å². The Morgan fingerprint density at radius 2 is 1.77 bits per heavy atom. The van der Waals surface area contributed by atoms with E-state index in [0.717, 1.165) is 10.0 Å². The van der Waals surface area contributed by atoms with Crippen LogP contribution in [0, 0.1) is 0 Å². The number of fused-ring (bicyclic) bond motifs is 1. The number of carbonyl (C=O) groups is 1. The summed E-state index contributed by atoms with van der Waals surface area (Å²) in [4.78, 5) is 12.3. The quantitative estimate of drug-likeness (QED) is 0.773. The summed E-state index contributed by atoms with van der Waals surface area (Å²) in [6, 6.07) is 10.8. The lowest BCUT2D eigenvalue weighted by Crippen LogP contribution is -1.99. The van der Waals surface area contributed by atoms with E-state index in [-0.39, 0.29) is 11.5 Å². The SMILES string of the molecule is COc1cc(Br)c(/C=C2\Oc3ccccc3C2=O)cc1OC. The molecule has 112 valence electrons. The molecule has 0 spiro atoms. The summed E-state index contributed by atoms with van der Waals surface area (Å²) < 4.78 is 16.9. The number of carbonyl (C=O) groups excluding carboxylic acids is 1. The molecule has 3 rings (SSSR count). The number of para-hydroxylation sites is 1. The molecule has 22 heavy (non-hydrogen) atoms. The van der Waals surface area contributed by atoms with Crippen molar-refractivity contribution < 1.29 is 19.0 Å². The smallest absolute Gasteiger partial charge is 0.231 e. The molecule has 0 bridgehead atoms. The molecule has 1 heterocycles. The summed E-state index contributed by atoms with van der Waals surface area (Å²) in [5.41, 5.74) is 1.35. The van der Waals surface area contributed by atoms with Crippen LogP contribution in [0.1, 0.15) is 15.9 Å². The van der Waals surface area contributed by atoms with Crippen molar-refractivity contribution in [1.82, 2.24) is 0 Å². The number of halogens is 1. The van der Waals surface area contributed by atoms with Crippen LogP contribution in [0.15, 0.2) is 46.6 Å². The number of Topliss-reactive ketones (excluding diaryl/α,β-unsaturated/α-hetero) is 1. The van der Waals surface area contributed by atoms with Crippen molar-refractivity contribution in [2.24, 2.45) is 0 Å². The zero-order valence-corrected chi connectivity index (χ0v) is 13.6. The van der Waals surface area contributed by atoms with Gasteiger partial charge in [-0.3, -0.25) is 4.79 Å². The van der Waals surface area contributed by atoms with Gasteiger partial charge in [0.1, 0.15) is 5.75 Å². The van der Waals surface area contributed by atoms with Gasteiger partial charge in [-0.15, -0.1) is 0 Å². The Bertz CT molecular complexity index is 780. The van der Waals surface area contributed by atoms with E-state index in [9.17, 15) is 4.79 Å². The lowest BCUT2D eigenvalue weighted by Gasteiger charge is -2.10. The lowest BCUT2D eigenvalue weighted by molar-refractivity contribution is 0.101. The molecule has 0 saturated heterocycles. The highest BCUT2D eigenvalue weighted by Gasteiger charge is 2.26. The lowest BCUT2D eigenvalue weighted by atomic mass is 10.1. The number of hydrogen-bond donors (Lipinski definition) is 0. The minimum atomic E-state index is -0.128. The minimum Gasteiger partial charge on any atom is -0.493 e. The van der Waals surface area contributed by atoms with Gasteiger partial charge in [0.25, 0.3) is 0 Å². The average Bonchev–Trinajstić information content (AvgIpc) is 2.85. The number of allylic oxidation sites excluding steroid dienone is 1. The van der Waals surface area contributed by atoms with Gasteiger partial charge in [-0.2, -0.15) is 0 Å². The van der Waals surface area contributed by atoms with Gasteiger partial charge >= 0.3 is 0 Å². The molecule has 0 amide bonds. The fourth-order valence-electron chi connectivity index (χ4n) is 2.26. The van der Waals surface area contributed by atoms with Crippen molar-refractivity contribution in [3.8, 4) is 17.2 Å².